The molecular weight excluding hydrogens is 385 g/mol. The van der Waals surface area contributed by atoms with Crippen molar-refractivity contribution in [3.05, 3.63) is 29.1 Å². The summed E-state index contributed by atoms with van der Waals surface area (Å²) in [6, 6.07) is 2.10. The average molecular weight is 418 g/mol. The van der Waals surface area contributed by atoms with Crippen LogP contribution in [0.1, 0.15) is 87.1 Å². The molecule has 1 N–H and O–H groups in total. The molecule has 4 rings (SSSR count). The van der Waals surface area contributed by atoms with Gasteiger partial charge in [-0.3, -0.25) is 4.79 Å². The Labute approximate surface area is 177 Å². The van der Waals surface area contributed by atoms with E-state index in [2.05, 4.69) is 13.8 Å². The molecule has 1 unspecified atom stereocenters. The van der Waals surface area contributed by atoms with Crippen LogP contribution in [-0.2, 0) is 4.79 Å². The molecule has 1 amide bonds. The zero-order chi connectivity index (χ0) is 21.5. The fourth-order valence-electron chi connectivity index (χ4n) is 5.20. The van der Waals surface area contributed by atoms with Gasteiger partial charge in [-0.05, 0) is 73.8 Å². The number of carbonyl (C=O) groups is 2. The number of nitrogens with zero attached hydrogens (tertiary/aromatic N) is 1. The van der Waals surface area contributed by atoms with Crippen LogP contribution in [0.2, 0.25) is 0 Å². The fraction of sp³-hybridized carbons (Fsp3) is 0.667. The van der Waals surface area contributed by atoms with Gasteiger partial charge in [-0.25, -0.2) is 9.18 Å². The third-order valence-electron chi connectivity index (χ3n) is 6.93. The first-order valence-corrected chi connectivity index (χ1v) is 11.3. The summed E-state index contributed by atoms with van der Waals surface area (Å²) in [5, 5.41) is 9.37. The minimum absolute atomic E-state index is 0.0313. The Kier molecular flexibility index (Phi) is 5.78. The summed E-state index contributed by atoms with van der Waals surface area (Å²) < 4.78 is 21.1. The highest BCUT2D eigenvalue weighted by Crippen LogP contribution is 2.46. The normalized spacial score (nSPS) is 25.9. The smallest absolute Gasteiger partial charge is 0.326 e. The minimum atomic E-state index is -1.03. The van der Waals surface area contributed by atoms with E-state index in [1.807, 2.05) is 0 Å². The molecule has 1 heterocycles. The molecule has 0 radical (unpaired) electrons. The standard InChI is InChI=1S/C24H32FNO4/c1-24(2)9-3-5-15(13-24)14-30-21-12-19(25)18(11-17(21)16-7-8-16)22(27)26-10-4-6-20(26)23(28)29/h11-12,15-16,20H,3-10,13-14H2,1-2H3,(H,28,29)/t15?,20-/m0/s1. The Morgan fingerprint density at radius 3 is 2.63 bits per heavy atom. The van der Waals surface area contributed by atoms with E-state index in [4.69, 9.17) is 4.74 Å². The van der Waals surface area contributed by atoms with Crippen LogP contribution in [0.25, 0.3) is 0 Å². The van der Waals surface area contributed by atoms with Crippen LogP contribution in [0, 0.1) is 17.2 Å². The topological polar surface area (TPSA) is 66.8 Å². The monoisotopic (exact) mass is 417 g/mol. The van der Waals surface area contributed by atoms with Gasteiger partial charge in [0.15, 0.2) is 0 Å². The van der Waals surface area contributed by atoms with Crippen molar-refractivity contribution in [2.24, 2.45) is 11.3 Å². The lowest BCUT2D eigenvalue weighted by atomic mass is 9.72. The molecule has 1 aromatic carbocycles. The van der Waals surface area contributed by atoms with Crippen molar-refractivity contribution in [3.8, 4) is 5.75 Å². The Bertz CT molecular complexity index is 833. The maximum atomic E-state index is 15.0. The van der Waals surface area contributed by atoms with E-state index in [0.717, 1.165) is 31.2 Å². The second-order valence-electron chi connectivity index (χ2n) is 10.1. The predicted octanol–water partition coefficient (Wildman–Crippen LogP) is 4.99. The molecule has 2 atom stereocenters. The summed E-state index contributed by atoms with van der Waals surface area (Å²) in [6.45, 7) is 5.50. The van der Waals surface area contributed by atoms with Crippen LogP contribution in [0.15, 0.2) is 12.1 Å². The molecule has 1 saturated heterocycles. The molecule has 0 bridgehead atoms. The molecule has 6 heteroatoms. The van der Waals surface area contributed by atoms with E-state index in [9.17, 15) is 19.1 Å². The van der Waals surface area contributed by atoms with Gasteiger partial charge in [0.05, 0.1) is 12.2 Å². The van der Waals surface area contributed by atoms with Crippen molar-refractivity contribution in [2.75, 3.05) is 13.2 Å². The summed E-state index contributed by atoms with van der Waals surface area (Å²) in [4.78, 5) is 25.7. The van der Waals surface area contributed by atoms with Crippen molar-refractivity contribution < 1.29 is 23.8 Å². The average Bonchev–Trinajstić information content (AvgIpc) is 3.40. The third-order valence-corrected chi connectivity index (χ3v) is 6.93. The van der Waals surface area contributed by atoms with Gasteiger partial charge in [-0.15, -0.1) is 0 Å². The molecule has 1 aliphatic heterocycles. The quantitative estimate of drug-likeness (QED) is 0.708. The number of amides is 1. The lowest BCUT2D eigenvalue weighted by Crippen LogP contribution is -2.40. The second-order valence-corrected chi connectivity index (χ2v) is 10.1. The van der Waals surface area contributed by atoms with E-state index in [-0.39, 0.29) is 5.56 Å². The highest BCUT2D eigenvalue weighted by Gasteiger charge is 2.37. The maximum absolute atomic E-state index is 15.0. The first-order valence-electron chi connectivity index (χ1n) is 11.3. The van der Waals surface area contributed by atoms with Gasteiger partial charge < -0.3 is 14.7 Å². The summed E-state index contributed by atoms with van der Waals surface area (Å²) in [7, 11) is 0. The Morgan fingerprint density at radius 1 is 1.20 bits per heavy atom. The molecule has 0 aromatic heterocycles. The Hall–Kier alpha value is -2.11. The van der Waals surface area contributed by atoms with Gasteiger partial charge in [-0.2, -0.15) is 0 Å². The Balaban J connectivity index is 1.53. The van der Waals surface area contributed by atoms with Crippen LogP contribution in [0.3, 0.4) is 0 Å². The van der Waals surface area contributed by atoms with Crippen molar-refractivity contribution >= 4 is 11.9 Å². The van der Waals surface area contributed by atoms with Gasteiger partial charge in [0, 0.05) is 12.6 Å². The van der Waals surface area contributed by atoms with Crippen molar-refractivity contribution in [2.45, 2.75) is 77.2 Å². The zero-order valence-electron chi connectivity index (χ0n) is 18.0. The molecule has 30 heavy (non-hydrogen) atoms. The number of aliphatic carboxylic acids is 1. The number of carbonyl (C=O) groups excluding carboxylic acids is 1. The third kappa shape index (κ3) is 4.47. The van der Waals surface area contributed by atoms with E-state index in [0.29, 0.717) is 49.0 Å². The summed E-state index contributed by atoms with van der Waals surface area (Å²) in [5.41, 5.74) is 1.18. The lowest BCUT2D eigenvalue weighted by Gasteiger charge is -2.35. The maximum Gasteiger partial charge on any atom is 0.326 e. The van der Waals surface area contributed by atoms with Gasteiger partial charge in [0.25, 0.3) is 5.91 Å². The highest BCUT2D eigenvalue weighted by molar-refractivity contribution is 5.97. The first-order chi connectivity index (χ1) is 14.2. The van der Waals surface area contributed by atoms with Gasteiger partial charge >= 0.3 is 5.97 Å². The van der Waals surface area contributed by atoms with Gasteiger partial charge in [0.2, 0.25) is 0 Å². The summed E-state index contributed by atoms with van der Waals surface area (Å²) >= 11 is 0. The summed E-state index contributed by atoms with van der Waals surface area (Å²) in [5.74, 6) is -0.876. The molecule has 3 fully saturated rings. The lowest BCUT2D eigenvalue weighted by molar-refractivity contribution is -0.141. The van der Waals surface area contributed by atoms with Crippen LogP contribution < -0.4 is 4.74 Å². The van der Waals surface area contributed by atoms with Crippen LogP contribution >= 0.6 is 0 Å². The van der Waals surface area contributed by atoms with Crippen molar-refractivity contribution in [3.63, 3.8) is 0 Å². The number of benzene rings is 1. The SMILES string of the molecule is CC1(C)CCCC(COc2cc(F)c(C(=O)N3CCC[C@H]3C(=O)O)cc2C2CC2)C1. The fourth-order valence-corrected chi connectivity index (χ4v) is 5.20. The predicted molar refractivity (Wildman–Crippen MR) is 111 cm³/mol. The molecule has 2 aliphatic carbocycles. The number of hydrogen-bond acceptors (Lipinski definition) is 3. The number of rotatable bonds is 6. The van der Waals surface area contributed by atoms with E-state index in [1.165, 1.54) is 23.8 Å². The number of carboxylic acid groups (broad SMARTS) is 1. The largest absolute Gasteiger partial charge is 0.493 e. The van der Waals surface area contributed by atoms with E-state index < -0.39 is 23.7 Å². The molecule has 2 saturated carbocycles. The summed E-state index contributed by atoms with van der Waals surface area (Å²) in [6.07, 6.45) is 7.72. The molecule has 1 aromatic rings. The number of halogens is 1. The Morgan fingerprint density at radius 2 is 1.97 bits per heavy atom. The van der Waals surface area contributed by atoms with Crippen LogP contribution in [0.5, 0.6) is 5.75 Å². The number of hydrogen-bond donors (Lipinski definition) is 1. The van der Waals surface area contributed by atoms with E-state index >= 15 is 0 Å². The number of likely N-dealkylation sites (tertiary alicyclic amines) is 1. The van der Waals surface area contributed by atoms with Gasteiger partial charge in [-0.1, -0.05) is 20.3 Å². The highest BCUT2D eigenvalue weighted by atomic mass is 19.1. The molecule has 3 aliphatic rings. The molecular formula is C24H32FNO4. The first kappa shape index (κ1) is 21.1. The number of ether oxygens (including phenoxy) is 1. The molecule has 164 valence electrons. The van der Waals surface area contributed by atoms with Crippen molar-refractivity contribution in [1.82, 2.24) is 4.90 Å². The van der Waals surface area contributed by atoms with Crippen LogP contribution in [0.4, 0.5) is 4.39 Å². The van der Waals surface area contributed by atoms with Crippen LogP contribution in [-0.4, -0.2) is 41.1 Å². The zero-order valence-corrected chi connectivity index (χ0v) is 18.0. The second kappa shape index (κ2) is 8.20. The molecule has 5 nitrogen and oxygen atoms in total. The minimum Gasteiger partial charge on any atom is -0.493 e. The van der Waals surface area contributed by atoms with Gasteiger partial charge in [0.1, 0.15) is 17.6 Å². The van der Waals surface area contributed by atoms with Crippen molar-refractivity contribution in [1.29, 1.82) is 0 Å². The molecule has 0 spiro atoms. The number of carboxylic acids is 1. The van der Waals surface area contributed by atoms with E-state index in [1.54, 1.807) is 6.07 Å².